The van der Waals surface area contributed by atoms with Gasteiger partial charge >= 0.3 is 0 Å². The quantitative estimate of drug-likeness (QED) is 0.876. The monoisotopic (exact) mass is 353 g/mol. The second-order valence-electron chi connectivity index (χ2n) is 4.97. The number of fused-ring (bicyclic) bond motifs is 1. The van der Waals surface area contributed by atoms with Crippen LogP contribution in [0.4, 0.5) is 11.4 Å². The van der Waals surface area contributed by atoms with Crippen LogP contribution < -0.4 is 10.6 Å². The van der Waals surface area contributed by atoms with Gasteiger partial charge in [-0.1, -0.05) is 15.9 Å². The molecule has 0 spiro atoms. The second kappa shape index (κ2) is 6.68. The van der Waals surface area contributed by atoms with E-state index in [0.29, 0.717) is 6.04 Å². The Morgan fingerprint density at radius 3 is 2.90 bits per heavy atom. The van der Waals surface area contributed by atoms with Gasteiger partial charge in [0, 0.05) is 22.9 Å². The molecule has 2 N–H and O–H groups in total. The fourth-order valence-corrected chi connectivity index (χ4v) is 3.20. The summed E-state index contributed by atoms with van der Waals surface area (Å²) in [5.74, 6) is 1.15. The van der Waals surface area contributed by atoms with Crippen LogP contribution in [-0.2, 0) is 0 Å². The first-order valence-electron chi connectivity index (χ1n) is 6.60. The Morgan fingerprint density at radius 2 is 2.20 bits per heavy atom. The first-order valence-corrected chi connectivity index (χ1v) is 8.78. The highest BCUT2D eigenvalue weighted by atomic mass is 79.9. The predicted molar refractivity (Wildman–Crippen MR) is 94.7 cm³/mol. The van der Waals surface area contributed by atoms with Crippen LogP contribution in [0.2, 0.25) is 0 Å². The molecule has 0 saturated heterocycles. The number of nitrogens with zero attached hydrogens (tertiary/aromatic N) is 2. The summed E-state index contributed by atoms with van der Waals surface area (Å²) >= 11 is 5.40. The van der Waals surface area contributed by atoms with Gasteiger partial charge in [-0.05, 0) is 43.6 Å². The minimum Gasteiger partial charge on any atom is -0.396 e. The lowest BCUT2D eigenvalue weighted by Crippen LogP contribution is -2.30. The highest BCUT2D eigenvalue weighted by molar-refractivity contribution is 9.10. The van der Waals surface area contributed by atoms with Gasteiger partial charge in [0.1, 0.15) is 0 Å². The van der Waals surface area contributed by atoms with Crippen LogP contribution in [0, 0.1) is 0 Å². The molecule has 0 saturated carbocycles. The van der Waals surface area contributed by atoms with Crippen molar-refractivity contribution in [2.24, 2.45) is 0 Å². The molecule has 1 atom stereocenters. The third kappa shape index (κ3) is 3.20. The van der Waals surface area contributed by atoms with Crippen LogP contribution in [0.5, 0.6) is 0 Å². The highest BCUT2D eigenvalue weighted by Gasteiger charge is 2.16. The topological polar surface area (TPSA) is 42.1 Å². The molecule has 0 aliphatic carbocycles. The molecular weight excluding hydrogens is 334 g/mol. The number of hydrogen-bond donors (Lipinski definition) is 1. The van der Waals surface area contributed by atoms with E-state index in [1.54, 1.807) is 6.20 Å². The Morgan fingerprint density at radius 1 is 1.45 bits per heavy atom. The number of thioether (sulfide) groups is 1. The molecule has 1 aromatic carbocycles. The number of pyridine rings is 1. The van der Waals surface area contributed by atoms with Gasteiger partial charge in [0.15, 0.2) is 0 Å². The van der Waals surface area contributed by atoms with E-state index in [1.807, 2.05) is 23.9 Å². The van der Waals surface area contributed by atoms with E-state index < -0.39 is 0 Å². The lowest BCUT2D eigenvalue weighted by Gasteiger charge is -2.29. The smallest absolute Gasteiger partial charge is 0.0745 e. The van der Waals surface area contributed by atoms with Crippen molar-refractivity contribution in [3.63, 3.8) is 0 Å². The van der Waals surface area contributed by atoms with Crippen LogP contribution >= 0.6 is 27.7 Å². The molecule has 2 rings (SSSR count). The van der Waals surface area contributed by atoms with E-state index >= 15 is 0 Å². The normalized spacial score (nSPS) is 12.6. The molecule has 0 aliphatic heterocycles. The summed E-state index contributed by atoms with van der Waals surface area (Å²) < 4.78 is 1.05. The van der Waals surface area contributed by atoms with Crippen molar-refractivity contribution in [3.05, 3.63) is 28.9 Å². The summed E-state index contributed by atoms with van der Waals surface area (Å²) in [7, 11) is 2.11. The molecule has 108 valence electrons. The largest absolute Gasteiger partial charge is 0.396 e. The summed E-state index contributed by atoms with van der Waals surface area (Å²) in [6, 6.07) is 6.55. The number of anilines is 2. The Balaban J connectivity index is 2.46. The molecule has 1 unspecified atom stereocenters. The molecule has 0 fully saturated rings. The van der Waals surface area contributed by atoms with Gasteiger partial charge < -0.3 is 10.6 Å². The third-order valence-corrected chi connectivity index (χ3v) is 4.72. The van der Waals surface area contributed by atoms with Gasteiger partial charge in [-0.3, -0.25) is 4.98 Å². The van der Waals surface area contributed by atoms with Crippen molar-refractivity contribution in [3.8, 4) is 0 Å². The molecule has 0 aliphatic rings. The van der Waals surface area contributed by atoms with Crippen molar-refractivity contribution in [1.82, 2.24) is 4.98 Å². The number of aromatic nitrogens is 1. The SMILES string of the molecule is CSCCC(C)N(C)c1c(N)cnc2ccc(Br)cc12. The predicted octanol–water partition coefficient (Wildman–Crippen LogP) is 4.16. The van der Waals surface area contributed by atoms with Crippen molar-refractivity contribution in [2.75, 3.05) is 29.7 Å². The minimum absolute atomic E-state index is 0.439. The molecule has 0 radical (unpaired) electrons. The Labute approximate surface area is 133 Å². The van der Waals surface area contributed by atoms with Crippen LogP contribution in [-0.4, -0.2) is 30.1 Å². The molecule has 1 heterocycles. The molecular formula is C15H20BrN3S. The number of benzene rings is 1. The van der Waals surface area contributed by atoms with Crippen molar-refractivity contribution in [2.45, 2.75) is 19.4 Å². The zero-order valence-electron chi connectivity index (χ0n) is 12.1. The number of halogens is 1. The standard InChI is InChI=1S/C15H20BrN3S/c1-10(6-7-20-3)19(2)15-12-8-11(16)4-5-14(12)18-9-13(15)17/h4-5,8-10H,6-7,17H2,1-3H3. The zero-order valence-corrected chi connectivity index (χ0v) is 14.5. The molecule has 20 heavy (non-hydrogen) atoms. The number of nitrogens with two attached hydrogens (primary N) is 1. The van der Waals surface area contributed by atoms with Crippen LogP contribution in [0.15, 0.2) is 28.9 Å². The molecule has 2 aromatic rings. The van der Waals surface area contributed by atoms with Gasteiger partial charge in [-0.2, -0.15) is 11.8 Å². The van der Waals surface area contributed by atoms with E-state index in [-0.39, 0.29) is 0 Å². The fourth-order valence-electron chi connectivity index (χ4n) is 2.26. The second-order valence-corrected chi connectivity index (χ2v) is 6.87. The molecule has 1 aromatic heterocycles. The van der Waals surface area contributed by atoms with Crippen molar-refractivity contribution < 1.29 is 0 Å². The number of rotatable bonds is 5. The molecule has 0 amide bonds. The number of nitrogen functional groups attached to an aromatic ring is 1. The fraction of sp³-hybridized carbons (Fsp3) is 0.400. The van der Waals surface area contributed by atoms with E-state index in [4.69, 9.17) is 5.73 Å². The maximum Gasteiger partial charge on any atom is 0.0745 e. The van der Waals surface area contributed by atoms with Gasteiger partial charge in [0.2, 0.25) is 0 Å². The third-order valence-electron chi connectivity index (χ3n) is 3.58. The average molecular weight is 354 g/mol. The van der Waals surface area contributed by atoms with E-state index in [0.717, 1.165) is 38.9 Å². The summed E-state index contributed by atoms with van der Waals surface area (Å²) in [4.78, 5) is 6.68. The highest BCUT2D eigenvalue weighted by Crippen LogP contribution is 2.34. The maximum atomic E-state index is 6.18. The molecule has 3 nitrogen and oxygen atoms in total. The molecule has 0 bridgehead atoms. The first-order chi connectivity index (χ1) is 9.54. The van der Waals surface area contributed by atoms with Gasteiger partial charge in [0.05, 0.1) is 23.1 Å². The van der Waals surface area contributed by atoms with Crippen LogP contribution in [0.25, 0.3) is 10.9 Å². The van der Waals surface area contributed by atoms with E-state index in [2.05, 4.69) is 52.1 Å². The lowest BCUT2D eigenvalue weighted by atomic mass is 10.1. The number of hydrogen-bond acceptors (Lipinski definition) is 4. The van der Waals surface area contributed by atoms with Gasteiger partial charge in [0.25, 0.3) is 0 Å². The first kappa shape index (κ1) is 15.4. The van der Waals surface area contributed by atoms with Crippen LogP contribution in [0.3, 0.4) is 0 Å². The average Bonchev–Trinajstić information content (AvgIpc) is 2.43. The van der Waals surface area contributed by atoms with Crippen LogP contribution in [0.1, 0.15) is 13.3 Å². The summed E-state index contributed by atoms with van der Waals surface area (Å²) in [6.45, 7) is 2.24. The zero-order chi connectivity index (χ0) is 14.7. The van der Waals surface area contributed by atoms with Crippen molar-refractivity contribution in [1.29, 1.82) is 0 Å². The molecule has 5 heteroatoms. The van der Waals surface area contributed by atoms with Gasteiger partial charge in [-0.25, -0.2) is 0 Å². The minimum atomic E-state index is 0.439. The lowest BCUT2D eigenvalue weighted by molar-refractivity contribution is 0.671. The van der Waals surface area contributed by atoms with E-state index in [9.17, 15) is 0 Å². The summed E-state index contributed by atoms with van der Waals surface area (Å²) in [6.07, 6.45) is 5.03. The van der Waals surface area contributed by atoms with E-state index in [1.165, 1.54) is 0 Å². The Kier molecular flexibility index (Phi) is 5.16. The maximum absolute atomic E-state index is 6.18. The summed E-state index contributed by atoms with van der Waals surface area (Å²) in [5.41, 5.74) is 8.96. The summed E-state index contributed by atoms with van der Waals surface area (Å²) in [5, 5.41) is 1.10. The van der Waals surface area contributed by atoms with Gasteiger partial charge in [-0.15, -0.1) is 0 Å². The Hall–Kier alpha value is -0.940. The van der Waals surface area contributed by atoms with Crippen molar-refractivity contribution >= 4 is 50.0 Å². The Bertz CT molecular complexity index is 598.